The number of hydrogen-bond acceptors (Lipinski definition) is 5. The predicted molar refractivity (Wildman–Crippen MR) is 72.4 cm³/mol. The molecule has 0 aliphatic rings. The summed E-state index contributed by atoms with van der Waals surface area (Å²) in [4.78, 5) is 11.7. The molecule has 2 heterocycles. The second-order valence-corrected chi connectivity index (χ2v) is 4.96. The van der Waals surface area contributed by atoms with Gasteiger partial charge >= 0.3 is 5.97 Å². The van der Waals surface area contributed by atoms with Crippen LogP contribution in [0.1, 0.15) is 41.5 Å². The van der Waals surface area contributed by atoms with Crippen molar-refractivity contribution in [2.24, 2.45) is 7.05 Å². The van der Waals surface area contributed by atoms with E-state index in [1.807, 2.05) is 33.3 Å². The van der Waals surface area contributed by atoms with Gasteiger partial charge in [-0.15, -0.1) is 5.10 Å². The molecular formula is C13H19N5O2. The first-order valence-electron chi connectivity index (χ1n) is 6.52. The van der Waals surface area contributed by atoms with Crippen molar-refractivity contribution in [3.8, 4) is 0 Å². The molecule has 0 atom stereocenters. The van der Waals surface area contributed by atoms with Gasteiger partial charge in [0, 0.05) is 19.8 Å². The van der Waals surface area contributed by atoms with E-state index < -0.39 is 5.97 Å². The van der Waals surface area contributed by atoms with Crippen molar-refractivity contribution in [1.29, 1.82) is 0 Å². The van der Waals surface area contributed by atoms with Crippen LogP contribution >= 0.6 is 0 Å². The third kappa shape index (κ3) is 2.87. The lowest BCUT2D eigenvalue weighted by atomic mass is 10.1. The maximum absolute atomic E-state index is 11.7. The van der Waals surface area contributed by atoms with Crippen LogP contribution in [0, 0.1) is 0 Å². The number of carbonyl (C=O) groups excluding carboxylic acids is 1. The van der Waals surface area contributed by atoms with Gasteiger partial charge in [0.25, 0.3) is 0 Å². The number of aryl methyl sites for hydroxylation is 3. The summed E-state index contributed by atoms with van der Waals surface area (Å²) in [6, 6.07) is 0. The molecule has 7 nitrogen and oxygen atoms in total. The van der Waals surface area contributed by atoms with Gasteiger partial charge in [0.05, 0.1) is 19.0 Å². The Morgan fingerprint density at radius 3 is 2.75 bits per heavy atom. The number of hydrogen-bond donors (Lipinski definition) is 0. The van der Waals surface area contributed by atoms with Crippen LogP contribution < -0.4 is 0 Å². The second kappa shape index (κ2) is 5.85. The summed E-state index contributed by atoms with van der Waals surface area (Å²) in [5.74, 6) is -0.297. The number of methoxy groups -OCH3 is 1. The molecule has 0 aromatic carbocycles. The molecule has 0 N–H and O–H groups in total. The monoisotopic (exact) mass is 277 g/mol. The lowest BCUT2D eigenvalue weighted by Crippen LogP contribution is -2.12. The van der Waals surface area contributed by atoms with Crippen molar-refractivity contribution in [1.82, 2.24) is 24.8 Å². The standard InChI is InChI=1S/C13H19N5O2/c1-9(2)12-11(13(19)20-4)15-16-18(12)6-5-10-7-14-17(3)8-10/h7-9H,5-6H2,1-4H3. The van der Waals surface area contributed by atoms with Gasteiger partial charge in [-0.05, 0) is 17.9 Å². The summed E-state index contributed by atoms with van der Waals surface area (Å²) in [7, 11) is 3.23. The molecule has 0 amide bonds. The van der Waals surface area contributed by atoms with Gasteiger partial charge in [0.1, 0.15) is 0 Å². The highest BCUT2D eigenvalue weighted by Crippen LogP contribution is 2.18. The molecule has 108 valence electrons. The van der Waals surface area contributed by atoms with Gasteiger partial charge < -0.3 is 4.74 Å². The lowest BCUT2D eigenvalue weighted by Gasteiger charge is -2.09. The highest BCUT2D eigenvalue weighted by Gasteiger charge is 2.22. The van der Waals surface area contributed by atoms with E-state index in [2.05, 4.69) is 15.4 Å². The van der Waals surface area contributed by atoms with Crippen LogP contribution in [0.15, 0.2) is 12.4 Å². The Bertz CT molecular complexity index is 600. The van der Waals surface area contributed by atoms with Crippen LogP contribution in [-0.2, 0) is 24.8 Å². The van der Waals surface area contributed by atoms with Gasteiger partial charge in [-0.2, -0.15) is 5.10 Å². The van der Waals surface area contributed by atoms with Crippen LogP contribution in [-0.4, -0.2) is 37.9 Å². The van der Waals surface area contributed by atoms with Crippen molar-refractivity contribution < 1.29 is 9.53 Å². The number of nitrogens with zero attached hydrogens (tertiary/aromatic N) is 5. The smallest absolute Gasteiger partial charge is 0.360 e. The van der Waals surface area contributed by atoms with E-state index in [4.69, 9.17) is 4.74 Å². The molecule has 0 unspecified atom stereocenters. The quantitative estimate of drug-likeness (QED) is 0.767. The van der Waals surface area contributed by atoms with Crippen LogP contribution in [0.4, 0.5) is 0 Å². The van der Waals surface area contributed by atoms with Crippen LogP contribution in [0.25, 0.3) is 0 Å². The molecule has 0 spiro atoms. The van der Waals surface area contributed by atoms with Crippen LogP contribution in [0.2, 0.25) is 0 Å². The SMILES string of the molecule is COC(=O)c1nnn(CCc2cnn(C)c2)c1C(C)C. The molecule has 7 heteroatoms. The van der Waals surface area contributed by atoms with Crippen molar-refractivity contribution in [3.63, 3.8) is 0 Å². The summed E-state index contributed by atoms with van der Waals surface area (Å²) < 4.78 is 8.27. The number of ether oxygens (including phenoxy) is 1. The third-order valence-electron chi connectivity index (χ3n) is 3.07. The zero-order valence-corrected chi connectivity index (χ0v) is 12.2. The van der Waals surface area contributed by atoms with Crippen LogP contribution in [0.5, 0.6) is 0 Å². The van der Waals surface area contributed by atoms with Crippen molar-refractivity contribution >= 4 is 5.97 Å². The Kier molecular flexibility index (Phi) is 4.16. The maximum Gasteiger partial charge on any atom is 0.360 e. The van der Waals surface area contributed by atoms with E-state index in [1.165, 1.54) is 7.11 Å². The molecule has 0 saturated heterocycles. The summed E-state index contributed by atoms with van der Waals surface area (Å²) in [5, 5.41) is 12.1. The molecule has 2 rings (SSSR count). The van der Waals surface area contributed by atoms with Gasteiger partial charge in [-0.25, -0.2) is 9.48 Å². The Hall–Kier alpha value is -2.18. The molecule has 2 aromatic rings. The molecule has 2 aromatic heterocycles. The van der Waals surface area contributed by atoms with Gasteiger partial charge in [-0.3, -0.25) is 4.68 Å². The summed E-state index contributed by atoms with van der Waals surface area (Å²) >= 11 is 0. The highest BCUT2D eigenvalue weighted by atomic mass is 16.5. The van der Waals surface area contributed by atoms with E-state index in [0.29, 0.717) is 12.2 Å². The van der Waals surface area contributed by atoms with Gasteiger partial charge in [-0.1, -0.05) is 19.1 Å². The number of carbonyl (C=O) groups is 1. The van der Waals surface area contributed by atoms with E-state index in [0.717, 1.165) is 17.7 Å². The first-order chi connectivity index (χ1) is 9.52. The minimum absolute atomic E-state index is 0.146. The molecule has 0 aliphatic carbocycles. The normalized spacial score (nSPS) is 11.1. The second-order valence-electron chi connectivity index (χ2n) is 4.96. The lowest BCUT2D eigenvalue weighted by molar-refractivity contribution is 0.0592. The molecular weight excluding hydrogens is 258 g/mol. The molecule has 20 heavy (non-hydrogen) atoms. The van der Waals surface area contributed by atoms with Gasteiger partial charge in [0.2, 0.25) is 0 Å². The average Bonchev–Trinajstić information content (AvgIpc) is 3.01. The zero-order valence-electron chi connectivity index (χ0n) is 12.2. The fourth-order valence-corrected chi connectivity index (χ4v) is 2.14. The van der Waals surface area contributed by atoms with Crippen molar-refractivity contribution in [2.75, 3.05) is 7.11 Å². The molecule has 0 radical (unpaired) electrons. The Balaban J connectivity index is 2.19. The Morgan fingerprint density at radius 2 is 2.20 bits per heavy atom. The topological polar surface area (TPSA) is 74.8 Å². The van der Waals surface area contributed by atoms with E-state index in [-0.39, 0.29) is 5.92 Å². The summed E-state index contributed by atoms with van der Waals surface area (Å²) in [5.41, 5.74) is 2.23. The predicted octanol–water partition coefficient (Wildman–Crippen LogP) is 1.16. The molecule has 0 fully saturated rings. The molecule has 0 aliphatic heterocycles. The first-order valence-corrected chi connectivity index (χ1v) is 6.52. The average molecular weight is 277 g/mol. The third-order valence-corrected chi connectivity index (χ3v) is 3.07. The molecule has 0 bridgehead atoms. The zero-order chi connectivity index (χ0) is 14.7. The first kappa shape index (κ1) is 14.2. The molecule has 0 saturated carbocycles. The number of aromatic nitrogens is 5. The minimum atomic E-state index is -0.443. The van der Waals surface area contributed by atoms with Crippen molar-refractivity contribution in [3.05, 3.63) is 29.3 Å². The Labute approximate surface area is 117 Å². The Morgan fingerprint density at radius 1 is 1.45 bits per heavy atom. The van der Waals surface area contributed by atoms with E-state index in [1.54, 1.807) is 9.36 Å². The fraction of sp³-hybridized carbons (Fsp3) is 0.538. The maximum atomic E-state index is 11.7. The number of esters is 1. The van der Waals surface area contributed by atoms with Crippen LogP contribution in [0.3, 0.4) is 0 Å². The van der Waals surface area contributed by atoms with E-state index in [9.17, 15) is 4.79 Å². The van der Waals surface area contributed by atoms with E-state index >= 15 is 0 Å². The number of rotatable bonds is 5. The summed E-state index contributed by atoms with van der Waals surface area (Å²) in [6.45, 7) is 4.67. The largest absolute Gasteiger partial charge is 0.464 e. The van der Waals surface area contributed by atoms with Gasteiger partial charge in [0.15, 0.2) is 5.69 Å². The minimum Gasteiger partial charge on any atom is -0.464 e. The highest BCUT2D eigenvalue weighted by molar-refractivity contribution is 5.88. The summed E-state index contributed by atoms with van der Waals surface area (Å²) in [6.07, 6.45) is 4.58. The fourth-order valence-electron chi connectivity index (χ4n) is 2.14. The van der Waals surface area contributed by atoms with Crippen molar-refractivity contribution in [2.45, 2.75) is 32.7 Å².